The van der Waals surface area contributed by atoms with Crippen LogP contribution in [0.4, 0.5) is 0 Å². The Morgan fingerprint density at radius 3 is 2.69 bits per heavy atom. The molecular formula is C10H17N3. The highest BCUT2D eigenvalue weighted by molar-refractivity contribution is 4.98. The molecule has 2 heterocycles. The van der Waals surface area contributed by atoms with Crippen molar-refractivity contribution in [1.29, 1.82) is 0 Å². The predicted molar refractivity (Wildman–Crippen MR) is 52.2 cm³/mol. The first-order valence-corrected chi connectivity index (χ1v) is 4.96. The Hall–Kier alpha value is -0.830. The quantitative estimate of drug-likeness (QED) is 0.746. The molecule has 1 saturated heterocycles. The number of aromatic amines is 1. The number of hydrogen-bond donors (Lipinski definition) is 1. The van der Waals surface area contributed by atoms with Gasteiger partial charge in [0.15, 0.2) is 0 Å². The summed E-state index contributed by atoms with van der Waals surface area (Å²) in [5.41, 5.74) is 1.22. The van der Waals surface area contributed by atoms with Gasteiger partial charge in [-0.05, 0) is 17.9 Å². The van der Waals surface area contributed by atoms with Gasteiger partial charge in [-0.15, -0.1) is 0 Å². The molecule has 1 N–H and O–H groups in total. The van der Waals surface area contributed by atoms with E-state index in [0.29, 0.717) is 0 Å². The Bertz CT molecular complexity index is 245. The van der Waals surface area contributed by atoms with Crippen molar-refractivity contribution in [1.82, 2.24) is 15.1 Å². The van der Waals surface area contributed by atoms with E-state index in [1.165, 1.54) is 18.8 Å². The van der Waals surface area contributed by atoms with Gasteiger partial charge in [-0.3, -0.25) is 10.00 Å². The Morgan fingerprint density at radius 1 is 1.46 bits per heavy atom. The van der Waals surface area contributed by atoms with E-state index in [-0.39, 0.29) is 0 Å². The van der Waals surface area contributed by atoms with Crippen LogP contribution >= 0.6 is 0 Å². The summed E-state index contributed by atoms with van der Waals surface area (Å²) in [4.78, 5) is 2.49. The van der Waals surface area contributed by atoms with E-state index in [0.717, 1.165) is 18.4 Å². The molecule has 13 heavy (non-hydrogen) atoms. The lowest BCUT2D eigenvalue weighted by Crippen LogP contribution is -2.20. The molecule has 0 bridgehead atoms. The molecule has 1 fully saturated rings. The molecule has 0 amide bonds. The van der Waals surface area contributed by atoms with Crippen molar-refractivity contribution in [2.45, 2.75) is 20.4 Å². The molecule has 0 aromatic carbocycles. The predicted octanol–water partition coefficient (Wildman–Crippen LogP) is 1.50. The van der Waals surface area contributed by atoms with Gasteiger partial charge in [0.25, 0.3) is 0 Å². The molecule has 1 aliphatic rings. The summed E-state index contributed by atoms with van der Waals surface area (Å²) in [7, 11) is 0. The minimum Gasteiger partial charge on any atom is -0.297 e. The summed E-state index contributed by atoms with van der Waals surface area (Å²) in [6.07, 6.45) is 1.82. The van der Waals surface area contributed by atoms with Crippen molar-refractivity contribution < 1.29 is 0 Å². The Kier molecular flexibility index (Phi) is 2.36. The lowest BCUT2D eigenvalue weighted by atomic mass is 10.0. The van der Waals surface area contributed by atoms with E-state index in [2.05, 4.69) is 28.9 Å². The fourth-order valence-electron chi connectivity index (χ4n) is 1.99. The third-order valence-corrected chi connectivity index (χ3v) is 3.02. The van der Waals surface area contributed by atoms with Crippen LogP contribution in [0.15, 0.2) is 12.3 Å². The summed E-state index contributed by atoms with van der Waals surface area (Å²) >= 11 is 0. The lowest BCUT2D eigenvalue weighted by molar-refractivity contribution is 0.312. The van der Waals surface area contributed by atoms with Gasteiger partial charge in [0, 0.05) is 31.5 Å². The fraction of sp³-hybridized carbons (Fsp3) is 0.700. The Balaban J connectivity index is 1.91. The number of likely N-dealkylation sites (tertiary alicyclic amines) is 1. The van der Waals surface area contributed by atoms with Crippen LogP contribution in [0.1, 0.15) is 19.5 Å². The van der Waals surface area contributed by atoms with Gasteiger partial charge in [-0.2, -0.15) is 5.10 Å². The third-order valence-electron chi connectivity index (χ3n) is 3.02. The Labute approximate surface area is 79.1 Å². The van der Waals surface area contributed by atoms with Crippen LogP contribution in [-0.4, -0.2) is 28.2 Å². The number of nitrogens with one attached hydrogen (secondary N) is 1. The largest absolute Gasteiger partial charge is 0.297 e. The molecule has 2 rings (SSSR count). The zero-order chi connectivity index (χ0) is 9.26. The first kappa shape index (κ1) is 8.75. The maximum absolute atomic E-state index is 3.95. The van der Waals surface area contributed by atoms with Gasteiger partial charge in [-0.1, -0.05) is 13.8 Å². The van der Waals surface area contributed by atoms with Gasteiger partial charge < -0.3 is 0 Å². The fourth-order valence-corrected chi connectivity index (χ4v) is 1.99. The van der Waals surface area contributed by atoms with Gasteiger partial charge in [0.1, 0.15) is 0 Å². The molecular weight excluding hydrogens is 162 g/mol. The van der Waals surface area contributed by atoms with Crippen molar-refractivity contribution in [3.8, 4) is 0 Å². The standard InChI is InChI=1S/C10H17N3/c1-8-5-13(6-9(8)2)7-10-3-4-11-12-10/h3-4,8-9H,5-7H2,1-2H3,(H,11,12). The summed E-state index contributed by atoms with van der Waals surface area (Å²) in [5, 5.41) is 6.95. The number of hydrogen-bond acceptors (Lipinski definition) is 2. The summed E-state index contributed by atoms with van der Waals surface area (Å²) in [6, 6.07) is 2.05. The lowest BCUT2D eigenvalue weighted by Gasteiger charge is -2.13. The molecule has 2 unspecified atom stereocenters. The SMILES string of the molecule is CC1CN(Cc2ccn[nH]2)CC1C. The third kappa shape index (κ3) is 1.91. The molecule has 1 aromatic heterocycles. The smallest absolute Gasteiger partial charge is 0.0492 e. The first-order valence-electron chi connectivity index (χ1n) is 4.96. The molecule has 2 atom stereocenters. The minimum atomic E-state index is 0.836. The van der Waals surface area contributed by atoms with Gasteiger partial charge in [-0.25, -0.2) is 0 Å². The van der Waals surface area contributed by atoms with E-state index >= 15 is 0 Å². The number of nitrogens with zero attached hydrogens (tertiary/aromatic N) is 2. The summed E-state index contributed by atoms with van der Waals surface area (Å²) in [5.74, 6) is 1.67. The number of H-pyrrole nitrogens is 1. The van der Waals surface area contributed by atoms with Crippen LogP contribution in [-0.2, 0) is 6.54 Å². The van der Waals surface area contributed by atoms with Crippen LogP contribution in [0.25, 0.3) is 0 Å². The van der Waals surface area contributed by atoms with E-state index in [1.807, 2.05) is 12.3 Å². The average Bonchev–Trinajstić information content (AvgIpc) is 2.64. The topological polar surface area (TPSA) is 31.9 Å². The highest BCUT2D eigenvalue weighted by Gasteiger charge is 2.25. The average molecular weight is 179 g/mol. The minimum absolute atomic E-state index is 0.836. The molecule has 0 spiro atoms. The molecule has 1 aliphatic heterocycles. The molecule has 0 saturated carbocycles. The summed E-state index contributed by atoms with van der Waals surface area (Å²) < 4.78 is 0. The molecule has 0 radical (unpaired) electrons. The maximum Gasteiger partial charge on any atom is 0.0492 e. The molecule has 3 heteroatoms. The van der Waals surface area contributed by atoms with Crippen molar-refractivity contribution in [3.63, 3.8) is 0 Å². The zero-order valence-corrected chi connectivity index (χ0v) is 8.33. The van der Waals surface area contributed by atoms with Gasteiger partial charge >= 0.3 is 0 Å². The highest BCUT2D eigenvalue weighted by Crippen LogP contribution is 2.22. The molecule has 3 nitrogen and oxygen atoms in total. The van der Waals surface area contributed by atoms with Crippen molar-refractivity contribution in [2.24, 2.45) is 11.8 Å². The normalized spacial score (nSPS) is 29.7. The molecule has 0 aliphatic carbocycles. The van der Waals surface area contributed by atoms with Gasteiger partial charge in [0.05, 0.1) is 0 Å². The van der Waals surface area contributed by atoms with Gasteiger partial charge in [0.2, 0.25) is 0 Å². The highest BCUT2D eigenvalue weighted by atomic mass is 15.2. The molecule has 72 valence electrons. The Morgan fingerprint density at radius 2 is 2.15 bits per heavy atom. The number of aromatic nitrogens is 2. The monoisotopic (exact) mass is 179 g/mol. The first-order chi connectivity index (χ1) is 6.25. The van der Waals surface area contributed by atoms with E-state index in [4.69, 9.17) is 0 Å². The van der Waals surface area contributed by atoms with Crippen LogP contribution in [0, 0.1) is 11.8 Å². The van der Waals surface area contributed by atoms with Crippen LogP contribution in [0.3, 0.4) is 0 Å². The number of rotatable bonds is 2. The van der Waals surface area contributed by atoms with E-state index in [9.17, 15) is 0 Å². The molecule has 1 aromatic rings. The van der Waals surface area contributed by atoms with Crippen LogP contribution in [0.5, 0.6) is 0 Å². The van der Waals surface area contributed by atoms with Crippen LogP contribution in [0.2, 0.25) is 0 Å². The maximum atomic E-state index is 3.95. The van der Waals surface area contributed by atoms with Crippen molar-refractivity contribution in [3.05, 3.63) is 18.0 Å². The van der Waals surface area contributed by atoms with Crippen molar-refractivity contribution >= 4 is 0 Å². The zero-order valence-electron chi connectivity index (χ0n) is 8.33. The second-order valence-electron chi connectivity index (χ2n) is 4.23. The van der Waals surface area contributed by atoms with E-state index < -0.39 is 0 Å². The van der Waals surface area contributed by atoms with Crippen LogP contribution < -0.4 is 0 Å². The van der Waals surface area contributed by atoms with Crippen molar-refractivity contribution in [2.75, 3.05) is 13.1 Å². The second kappa shape index (κ2) is 3.50. The second-order valence-corrected chi connectivity index (χ2v) is 4.23. The summed E-state index contributed by atoms with van der Waals surface area (Å²) in [6.45, 7) is 8.13. The van der Waals surface area contributed by atoms with E-state index in [1.54, 1.807) is 0 Å².